The molecule has 8 heteroatoms. The second-order valence-corrected chi connectivity index (χ2v) is 8.70. The molecule has 23 heavy (non-hydrogen) atoms. The van der Waals surface area contributed by atoms with E-state index in [2.05, 4.69) is 38.5 Å². The van der Waals surface area contributed by atoms with Crippen LogP contribution in [0.3, 0.4) is 0 Å². The number of ether oxygens (including phenoxy) is 1. The van der Waals surface area contributed by atoms with Crippen molar-refractivity contribution in [3.05, 3.63) is 0 Å². The Labute approximate surface area is 220 Å². The van der Waals surface area contributed by atoms with E-state index in [9.17, 15) is 4.79 Å². The topological polar surface area (TPSA) is 50.1 Å². The number of carbonyl (C=O) groups excluding carboxylic acids is 1. The molecule has 0 spiro atoms. The van der Waals surface area contributed by atoms with Gasteiger partial charge in [0.25, 0.3) is 0 Å². The van der Waals surface area contributed by atoms with E-state index in [1.807, 2.05) is 13.8 Å². The van der Waals surface area contributed by atoms with Crippen LogP contribution in [0, 0.1) is 11.3 Å². The molecule has 3 nitrogen and oxygen atoms in total. The van der Waals surface area contributed by atoms with E-state index in [1.54, 1.807) is 0 Å². The minimum atomic E-state index is -0.442. The molecule has 0 saturated carbocycles. The number of carbonyl (C=O) groups is 1. The summed E-state index contributed by atoms with van der Waals surface area (Å²) < 4.78 is 4.90. The van der Waals surface area contributed by atoms with Gasteiger partial charge in [0.1, 0.15) is 4.75 Å². The fourth-order valence-electron chi connectivity index (χ4n) is 0.816. The van der Waals surface area contributed by atoms with Gasteiger partial charge < -0.3 is 16.4 Å². The average molecular weight is 516 g/mol. The summed E-state index contributed by atoms with van der Waals surface area (Å²) >= 11 is 10.8. The molecule has 0 aromatic heterocycles. The summed E-state index contributed by atoms with van der Waals surface area (Å²) in [6, 6.07) is 2.12. The first-order valence-corrected chi connectivity index (χ1v) is 10.2. The number of hydrogen-bond acceptors (Lipinski definition) is 7. The summed E-state index contributed by atoms with van der Waals surface area (Å²) in [7, 11) is 1.09. The smallest absolute Gasteiger partial charge is 0.713 e. The van der Waals surface area contributed by atoms with Gasteiger partial charge in [0.05, 0.1) is 16.2 Å². The fraction of sp³-hybridized carbons (Fsp3) is 0.800. The molecular formula is C15H28CsNO2S4. The monoisotopic (exact) mass is 515 g/mol. The van der Waals surface area contributed by atoms with Crippen LogP contribution in [0.1, 0.15) is 67.2 Å². The molecule has 0 amide bonds. The van der Waals surface area contributed by atoms with Gasteiger partial charge in [0.2, 0.25) is 0 Å². The predicted molar refractivity (Wildman–Crippen MR) is 107 cm³/mol. The molecule has 0 rings (SSSR count). The molecule has 0 saturated heterocycles. The Hall–Kier alpha value is 2.15. The van der Waals surface area contributed by atoms with E-state index >= 15 is 0 Å². The maximum absolute atomic E-state index is 10.2. The Kier molecular flexibility index (Phi) is 34.4. The van der Waals surface area contributed by atoms with E-state index in [0.717, 1.165) is 23.6 Å². The number of unbranched alkanes of at least 4 members (excludes halogenated alkanes) is 2. The number of nitrogens with zero attached hydrogens (tertiary/aromatic N) is 1. The van der Waals surface area contributed by atoms with Crippen LogP contribution in [0.4, 0.5) is 0 Å². The molecule has 0 heterocycles. The van der Waals surface area contributed by atoms with Crippen LogP contribution < -0.4 is 68.9 Å². The third-order valence-corrected chi connectivity index (χ3v) is 4.77. The summed E-state index contributed by atoms with van der Waals surface area (Å²) in [6.07, 6.45) is 4.56. The molecule has 0 N–H and O–H groups in total. The minimum absolute atomic E-state index is 0. The van der Waals surface area contributed by atoms with Crippen LogP contribution in [-0.2, 0) is 21.2 Å². The van der Waals surface area contributed by atoms with Gasteiger partial charge in [-0.2, -0.15) is 5.26 Å². The van der Waals surface area contributed by atoms with Crippen molar-refractivity contribution >= 4 is 55.9 Å². The summed E-state index contributed by atoms with van der Waals surface area (Å²) in [5, 5.41) is 8.56. The third kappa shape index (κ3) is 36.0. The van der Waals surface area contributed by atoms with Crippen molar-refractivity contribution in [3.8, 4) is 6.07 Å². The van der Waals surface area contributed by atoms with Crippen LogP contribution in [0.25, 0.3) is 0 Å². The number of thiocarbonyl (C=S) groups is 1. The Morgan fingerprint density at radius 3 is 2.09 bits per heavy atom. The molecule has 0 aliphatic heterocycles. The molecule has 0 radical (unpaired) electrons. The van der Waals surface area contributed by atoms with Crippen LogP contribution in [0.5, 0.6) is 0 Å². The van der Waals surface area contributed by atoms with Gasteiger partial charge in [-0.3, -0.25) is 15.6 Å². The first kappa shape index (κ1) is 32.8. The zero-order valence-corrected chi connectivity index (χ0v) is 25.0. The molecule has 0 aromatic rings. The second kappa shape index (κ2) is 24.2. The van der Waals surface area contributed by atoms with Crippen molar-refractivity contribution in [2.75, 3.05) is 6.61 Å². The van der Waals surface area contributed by atoms with Gasteiger partial charge in [0, 0.05) is 6.92 Å². The minimum Gasteiger partial charge on any atom is -0.713 e. The maximum atomic E-state index is 10.2. The van der Waals surface area contributed by atoms with Crippen molar-refractivity contribution in [1.29, 1.82) is 5.26 Å². The molecule has 0 aliphatic carbocycles. The maximum Gasteiger partial charge on any atom is 1.00 e. The Bertz CT molecular complexity index is 334. The number of hydrogen-bond donors (Lipinski definition) is 0. The molecular weight excluding hydrogens is 487 g/mol. The van der Waals surface area contributed by atoms with Crippen LogP contribution >= 0.6 is 34.8 Å². The van der Waals surface area contributed by atoms with Gasteiger partial charge in [-0.15, -0.1) is 0 Å². The van der Waals surface area contributed by atoms with Crippen LogP contribution in [0.2, 0.25) is 0 Å². The third-order valence-electron chi connectivity index (χ3n) is 1.73. The number of rotatable bonds is 5. The van der Waals surface area contributed by atoms with Gasteiger partial charge in [-0.25, -0.2) is 0 Å². The van der Waals surface area contributed by atoms with E-state index in [4.69, 9.17) is 22.2 Å². The summed E-state index contributed by atoms with van der Waals surface area (Å²) in [5.41, 5.74) is 0. The van der Waals surface area contributed by atoms with Crippen LogP contribution in [-0.4, -0.2) is 20.9 Å². The van der Waals surface area contributed by atoms with Crippen molar-refractivity contribution < 1.29 is 78.4 Å². The predicted octanol–water partition coefficient (Wildman–Crippen LogP) is 2.66. The molecule has 0 bridgehead atoms. The SMILES string of the molecule is CC(C)(C#N)SC(=S)S[S-].CCC.CCCCCOC(C)=O.[Cs+]. The van der Waals surface area contributed by atoms with Gasteiger partial charge in [0.15, 0.2) is 0 Å². The van der Waals surface area contributed by atoms with E-state index in [0.29, 0.717) is 10.1 Å². The number of nitriles is 1. The molecule has 130 valence electrons. The Morgan fingerprint density at radius 1 is 1.30 bits per heavy atom. The molecule has 0 unspecified atom stereocenters. The van der Waals surface area contributed by atoms with Crippen LogP contribution in [0.15, 0.2) is 0 Å². The molecule has 0 fully saturated rings. The molecule has 0 atom stereocenters. The summed E-state index contributed by atoms with van der Waals surface area (Å²) in [4.78, 5) is 10.2. The van der Waals surface area contributed by atoms with Crippen molar-refractivity contribution in [3.63, 3.8) is 0 Å². The fourth-order valence-corrected chi connectivity index (χ4v) is 2.97. The van der Waals surface area contributed by atoms with Gasteiger partial charge in [-0.1, -0.05) is 64.0 Å². The zero-order valence-electron chi connectivity index (χ0n) is 15.4. The number of thioether (sulfide) groups is 1. The number of esters is 1. The Balaban J connectivity index is -0.000000130. The summed E-state index contributed by atoms with van der Waals surface area (Å²) in [6.45, 7) is 12.0. The molecule has 0 aliphatic rings. The second-order valence-electron chi connectivity index (χ2n) is 4.81. The largest absolute Gasteiger partial charge is 1.00 e. The van der Waals surface area contributed by atoms with E-state index in [1.165, 1.54) is 31.5 Å². The standard InChI is InChI=1S/C7H14O2.C5H7NS4.C3H8.Cs/c1-3-4-5-6-9-7(2)8;1-5(2,3-6)9-4(7)10-8;1-3-2;/h3-6H2,1-2H3;8H,1-2H3;3H2,1-2H3;/q;;;+1/p-1. The van der Waals surface area contributed by atoms with Crippen molar-refractivity contribution in [1.82, 2.24) is 0 Å². The zero-order chi connectivity index (χ0) is 18.0. The van der Waals surface area contributed by atoms with Gasteiger partial charge >= 0.3 is 74.9 Å². The first-order valence-electron chi connectivity index (χ1n) is 7.28. The van der Waals surface area contributed by atoms with E-state index < -0.39 is 4.75 Å². The average Bonchev–Trinajstić information content (AvgIpc) is 2.44. The van der Waals surface area contributed by atoms with Gasteiger partial charge in [-0.05, 0) is 20.3 Å². The van der Waals surface area contributed by atoms with Crippen molar-refractivity contribution in [2.45, 2.75) is 72.0 Å². The first-order chi connectivity index (χ1) is 10.2. The molecule has 0 aromatic carbocycles. The van der Waals surface area contributed by atoms with Crippen molar-refractivity contribution in [2.24, 2.45) is 0 Å². The normalized spacial score (nSPS) is 8.96. The Morgan fingerprint density at radius 2 is 1.78 bits per heavy atom. The summed E-state index contributed by atoms with van der Waals surface area (Å²) in [5.74, 6) is -0.175. The van der Waals surface area contributed by atoms with E-state index in [-0.39, 0.29) is 74.9 Å². The quantitative estimate of drug-likeness (QED) is 0.184.